The van der Waals surface area contributed by atoms with E-state index in [2.05, 4.69) is 31.0 Å². The fourth-order valence-corrected chi connectivity index (χ4v) is 2.11. The monoisotopic (exact) mass is 227 g/mol. The molecule has 0 aromatic carbocycles. The van der Waals surface area contributed by atoms with Crippen LogP contribution in [0.1, 0.15) is 27.2 Å². The van der Waals surface area contributed by atoms with Crippen molar-refractivity contribution in [3.05, 3.63) is 0 Å². The van der Waals surface area contributed by atoms with E-state index in [4.69, 9.17) is 0 Å². The first-order valence-corrected chi connectivity index (χ1v) is 6.41. The molecule has 1 atom stereocenters. The molecule has 0 saturated carbocycles. The van der Waals surface area contributed by atoms with Crippen LogP contribution in [0.25, 0.3) is 0 Å². The van der Waals surface area contributed by atoms with E-state index in [0.717, 1.165) is 39.1 Å². The van der Waals surface area contributed by atoms with Crippen LogP contribution in [0.2, 0.25) is 0 Å². The van der Waals surface area contributed by atoms with E-state index in [9.17, 15) is 4.79 Å². The Bertz CT molecular complexity index is 214. The van der Waals surface area contributed by atoms with Gasteiger partial charge in [0.25, 0.3) is 0 Å². The SMILES string of the molecule is CCC(C)N(CC)C(=O)CN1CCNCC1. The van der Waals surface area contributed by atoms with Crippen LogP contribution >= 0.6 is 0 Å². The molecule has 4 heteroatoms. The Hall–Kier alpha value is -0.610. The Morgan fingerprint density at radius 2 is 2.00 bits per heavy atom. The highest BCUT2D eigenvalue weighted by atomic mass is 16.2. The maximum absolute atomic E-state index is 12.1. The van der Waals surface area contributed by atoms with Crippen LogP contribution in [0.5, 0.6) is 0 Å². The van der Waals surface area contributed by atoms with E-state index in [1.165, 1.54) is 0 Å². The summed E-state index contributed by atoms with van der Waals surface area (Å²) >= 11 is 0. The van der Waals surface area contributed by atoms with Gasteiger partial charge in [-0.1, -0.05) is 6.92 Å². The van der Waals surface area contributed by atoms with Gasteiger partial charge in [0.05, 0.1) is 6.54 Å². The number of carbonyl (C=O) groups excluding carboxylic acids is 1. The highest BCUT2D eigenvalue weighted by molar-refractivity contribution is 5.78. The van der Waals surface area contributed by atoms with Crippen molar-refractivity contribution in [2.75, 3.05) is 39.3 Å². The third-order valence-corrected chi connectivity index (χ3v) is 3.35. The Morgan fingerprint density at radius 3 is 2.50 bits per heavy atom. The molecule has 1 heterocycles. The molecule has 0 aromatic rings. The fraction of sp³-hybridized carbons (Fsp3) is 0.917. The molecule has 4 nitrogen and oxygen atoms in total. The normalized spacial score (nSPS) is 19.4. The van der Waals surface area contributed by atoms with Gasteiger partial charge in [-0.2, -0.15) is 0 Å². The highest BCUT2D eigenvalue weighted by Gasteiger charge is 2.20. The van der Waals surface area contributed by atoms with Crippen molar-refractivity contribution >= 4 is 5.91 Å². The van der Waals surface area contributed by atoms with Crippen molar-refractivity contribution in [3.63, 3.8) is 0 Å². The first kappa shape index (κ1) is 13.5. The summed E-state index contributed by atoms with van der Waals surface area (Å²) < 4.78 is 0. The van der Waals surface area contributed by atoms with Crippen molar-refractivity contribution in [2.45, 2.75) is 33.2 Å². The molecule has 1 N–H and O–H groups in total. The minimum atomic E-state index is 0.277. The second kappa shape index (κ2) is 6.86. The number of nitrogens with zero attached hydrogens (tertiary/aromatic N) is 2. The lowest BCUT2D eigenvalue weighted by atomic mass is 10.2. The van der Waals surface area contributed by atoms with E-state index < -0.39 is 0 Å². The van der Waals surface area contributed by atoms with Crippen LogP contribution in [0.3, 0.4) is 0 Å². The maximum atomic E-state index is 12.1. The summed E-state index contributed by atoms with van der Waals surface area (Å²) in [5, 5.41) is 3.30. The zero-order valence-corrected chi connectivity index (χ0v) is 10.8. The van der Waals surface area contributed by atoms with E-state index in [-0.39, 0.29) is 5.91 Å². The Balaban J connectivity index is 2.41. The van der Waals surface area contributed by atoms with Gasteiger partial charge in [-0.05, 0) is 20.3 Å². The molecule has 16 heavy (non-hydrogen) atoms. The quantitative estimate of drug-likeness (QED) is 0.744. The summed E-state index contributed by atoms with van der Waals surface area (Å²) in [6, 6.07) is 0.361. The lowest BCUT2D eigenvalue weighted by Gasteiger charge is -2.32. The summed E-state index contributed by atoms with van der Waals surface area (Å²) in [5.74, 6) is 0.277. The number of nitrogens with one attached hydrogen (secondary N) is 1. The average molecular weight is 227 g/mol. The zero-order valence-electron chi connectivity index (χ0n) is 10.8. The molecule has 1 fully saturated rings. The molecule has 0 radical (unpaired) electrons. The van der Waals surface area contributed by atoms with Crippen LogP contribution < -0.4 is 5.32 Å². The van der Waals surface area contributed by atoms with Crippen molar-refractivity contribution in [3.8, 4) is 0 Å². The molecule has 1 saturated heterocycles. The number of piperazine rings is 1. The largest absolute Gasteiger partial charge is 0.339 e. The Labute approximate surface area is 99.0 Å². The van der Waals surface area contributed by atoms with Crippen LogP contribution in [0.15, 0.2) is 0 Å². The summed E-state index contributed by atoms with van der Waals surface area (Å²) in [4.78, 5) is 16.3. The third kappa shape index (κ3) is 3.76. The summed E-state index contributed by atoms with van der Waals surface area (Å²) in [5.41, 5.74) is 0. The van der Waals surface area contributed by atoms with Crippen molar-refractivity contribution in [2.24, 2.45) is 0 Å². The number of hydrogen-bond acceptors (Lipinski definition) is 3. The highest BCUT2D eigenvalue weighted by Crippen LogP contribution is 2.05. The number of hydrogen-bond donors (Lipinski definition) is 1. The summed E-state index contributed by atoms with van der Waals surface area (Å²) in [6.45, 7) is 11.7. The standard InChI is InChI=1S/C12H25N3O/c1-4-11(3)15(5-2)12(16)10-14-8-6-13-7-9-14/h11,13H,4-10H2,1-3H3. The van der Waals surface area contributed by atoms with Gasteiger partial charge in [0.2, 0.25) is 5.91 Å². The van der Waals surface area contributed by atoms with Crippen molar-refractivity contribution in [1.29, 1.82) is 0 Å². The fourth-order valence-electron chi connectivity index (χ4n) is 2.11. The molecule has 1 unspecified atom stereocenters. The van der Waals surface area contributed by atoms with Crippen LogP contribution in [0, 0.1) is 0 Å². The van der Waals surface area contributed by atoms with E-state index in [1.807, 2.05) is 4.90 Å². The molecular weight excluding hydrogens is 202 g/mol. The predicted molar refractivity (Wildman–Crippen MR) is 66.4 cm³/mol. The molecule has 0 aromatic heterocycles. The minimum Gasteiger partial charge on any atom is -0.339 e. The van der Waals surface area contributed by atoms with Crippen LogP contribution in [0.4, 0.5) is 0 Å². The van der Waals surface area contributed by atoms with Gasteiger partial charge in [-0.3, -0.25) is 9.69 Å². The van der Waals surface area contributed by atoms with Crippen molar-refractivity contribution < 1.29 is 4.79 Å². The zero-order chi connectivity index (χ0) is 12.0. The molecule has 1 aliphatic rings. The lowest BCUT2D eigenvalue weighted by molar-refractivity contribution is -0.134. The van der Waals surface area contributed by atoms with Crippen LogP contribution in [-0.4, -0.2) is 61.0 Å². The van der Waals surface area contributed by atoms with E-state index >= 15 is 0 Å². The average Bonchev–Trinajstić information content (AvgIpc) is 2.31. The Kier molecular flexibility index (Phi) is 5.77. The second-order valence-electron chi connectivity index (χ2n) is 4.46. The predicted octanol–water partition coefficient (Wildman–Crippen LogP) is 0.539. The molecule has 0 spiro atoms. The smallest absolute Gasteiger partial charge is 0.236 e. The van der Waals surface area contributed by atoms with Crippen LogP contribution in [-0.2, 0) is 4.79 Å². The minimum absolute atomic E-state index is 0.277. The van der Waals surface area contributed by atoms with Gasteiger partial charge in [-0.25, -0.2) is 0 Å². The first-order valence-electron chi connectivity index (χ1n) is 6.41. The molecule has 1 amide bonds. The van der Waals surface area contributed by atoms with Gasteiger partial charge in [0.15, 0.2) is 0 Å². The van der Waals surface area contributed by atoms with Gasteiger partial charge >= 0.3 is 0 Å². The topological polar surface area (TPSA) is 35.6 Å². The molecule has 1 aliphatic heterocycles. The van der Waals surface area contributed by atoms with Gasteiger partial charge in [0.1, 0.15) is 0 Å². The molecule has 94 valence electrons. The lowest BCUT2D eigenvalue weighted by Crippen LogP contribution is -2.49. The van der Waals surface area contributed by atoms with E-state index in [0.29, 0.717) is 12.6 Å². The second-order valence-corrected chi connectivity index (χ2v) is 4.46. The van der Waals surface area contributed by atoms with Gasteiger partial charge in [0, 0.05) is 38.8 Å². The summed E-state index contributed by atoms with van der Waals surface area (Å²) in [6.07, 6.45) is 1.03. The summed E-state index contributed by atoms with van der Waals surface area (Å²) in [7, 11) is 0. The molecule has 0 aliphatic carbocycles. The number of amides is 1. The maximum Gasteiger partial charge on any atom is 0.236 e. The number of likely N-dealkylation sites (N-methyl/N-ethyl adjacent to an activating group) is 1. The molecular formula is C12H25N3O. The number of rotatable bonds is 5. The van der Waals surface area contributed by atoms with E-state index in [1.54, 1.807) is 0 Å². The van der Waals surface area contributed by atoms with Gasteiger partial charge < -0.3 is 10.2 Å². The third-order valence-electron chi connectivity index (χ3n) is 3.35. The molecule has 1 rings (SSSR count). The van der Waals surface area contributed by atoms with Gasteiger partial charge in [-0.15, -0.1) is 0 Å². The number of carbonyl (C=O) groups is 1. The van der Waals surface area contributed by atoms with Crippen molar-refractivity contribution in [1.82, 2.24) is 15.1 Å². The first-order chi connectivity index (χ1) is 7.69. The Morgan fingerprint density at radius 1 is 1.38 bits per heavy atom. The molecule has 0 bridgehead atoms.